The zero-order chi connectivity index (χ0) is 9.15. The van der Waals surface area contributed by atoms with Crippen LogP contribution in [-0.2, 0) is 0 Å². The van der Waals surface area contributed by atoms with Crippen LogP contribution in [0.5, 0.6) is 0 Å². The minimum atomic E-state index is -0.716. The molecule has 0 radical (unpaired) electrons. The van der Waals surface area contributed by atoms with Gasteiger partial charge in [0.15, 0.2) is 0 Å². The van der Waals surface area contributed by atoms with Gasteiger partial charge in [-0.1, -0.05) is 18.2 Å². The Morgan fingerprint density at radius 3 is 2.07 bits per heavy atom. The van der Waals surface area contributed by atoms with Crippen LogP contribution in [0.15, 0.2) is 30.3 Å². The Labute approximate surface area is 105 Å². The molecule has 0 nitrogen and oxygen atoms in total. The van der Waals surface area contributed by atoms with Crippen molar-refractivity contribution in [2.75, 3.05) is 19.0 Å². The predicted octanol–water partition coefficient (Wildman–Crippen LogP) is 0.147. The summed E-state index contributed by atoms with van der Waals surface area (Å²) in [6.45, 7) is 2.53. The Hall–Kier alpha value is 0.380. The molecule has 2 heteroatoms. The number of hydrogen-bond donors (Lipinski definition) is 0. The number of benzene rings is 1. The van der Waals surface area contributed by atoms with Gasteiger partial charge in [-0.3, -0.25) is 0 Å². The molecule has 78 valence electrons. The third-order valence-electron chi connectivity index (χ3n) is 3.18. The molecule has 0 unspecified atom stereocenters. The second kappa shape index (κ2) is 5.46. The smallest absolute Gasteiger partial charge is 0.0936 e. The van der Waals surface area contributed by atoms with Crippen LogP contribution in [0.1, 0.15) is 19.3 Å². The minimum Gasteiger partial charge on any atom is -1.00 e. The quantitative estimate of drug-likeness (QED) is 0.510. The molecule has 1 aliphatic rings. The van der Waals surface area contributed by atoms with Crippen LogP contribution in [-0.4, -0.2) is 19.0 Å². The fourth-order valence-corrected chi connectivity index (χ4v) is 5.73. The predicted molar refractivity (Wildman–Crippen MR) is 62.5 cm³/mol. The van der Waals surface area contributed by atoms with Crippen LogP contribution in [0.25, 0.3) is 0 Å². The lowest BCUT2D eigenvalue weighted by molar-refractivity contribution is -0.00000275. The summed E-state index contributed by atoms with van der Waals surface area (Å²) in [5.41, 5.74) is 0. The molecule has 1 fully saturated rings. The zero-order valence-corrected chi connectivity index (χ0v) is 11.8. The van der Waals surface area contributed by atoms with E-state index in [2.05, 4.69) is 37.0 Å². The molecule has 0 atom stereocenters. The lowest BCUT2D eigenvalue weighted by atomic mass is 10.3. The molecule has 1 heterocycles. The van der Waals surface area contributed by atoms with Gasteiger partial charge in [-0.2, -0.15) is 0 Å². The van der Waals surface area contributed by atoms with E-state index in [0.29, 0.717) is 0 Å². The van der Waals surface area contributed by atoms with Crippen molar-refractivity contribution in [3.05, 3.63) is 30.3 Å². The Bertz CT molecular complexity index is 265. The first-order valence-electron chi connectivity index (χ1n) is 5.21. The van der Waals surface area contributed by atoms with Crippen LogP contribution >= 0.6 is 7.26 Å². The molecule has 1 aliphatic heterocycles. The summed E-state index contributed by atoms with van der Waals surface area (Å²) in [6.07, 6.45) is 7.34. The first-order chi connectivity index (χ1) is 6.31. The van der Waals surface area contributed by atoms with Crippen molar-refractivity contribution in [2.45, 2.75) is 19.3 Å². The van der Waals surface area contributed by atoms with E-state index >= 15 is 0 Å². The van der Waals surface area contributed by atoms with Gasteiger partial charge in [0, 0.05) is 7.26 Å². The fourth-order valence-electron chi connectivity index (χ4n) is 2.26. The highest BCUT2D eigenvalue weighted by Crippen LogP contribution is 2.57. The van der Waals surface area contributed by atoms with Crippen molar-refractivity contribution in [1.29, 1.82) is 0 Å². The van der Waals surface area contributed by atoms with E-state index in [0.717, 1.165) is 0 Å². The SMILES string of the molecule is C[P+]1(c2ccccc2)CCCCC1.[I-]. The summed E-state index contributed by atoms with van der Waals surface area (Å²) < 4.78 is 0. The lowest BCUT2D eigenvalue weighted by Crippen LogP contribution is -3.00. The van der Waals surface area contributed by atoms with Crippen molar-refractivity contribution < 1.29 is 24.0 Å². The molecular formula is C12H18IP. The molecule has 0 N–H and O–H groups in total. The van der Waals surface area contributed by atoms with Crippen molar-refractivity contribution in [3.8, 4) is 0 Å². The zero-order valence-electron chi connectivity index (χ0n) is 8.75. The Morgan fingerprint density at radius 2 is 1.50 bits per heavy atom. The third kappa shape index (κ3) is 2.70. The maximum atomic E-state index is 2.53. The summed E-state index contributed by atoms with van der Waals surface area (Å²) in [6, 6.07) is 11.2. The van der Waals surface area contributed by atoms with Crippen molar-refractivity contribution in [1.82, 2.24) is 0 Å². The van der Waals surface area contributed by atoms with Gasteiger partial charge in [-0.15, -0.1) is 0 Å². The monoisotopic (exact) mass is 320 g/mol. The van der Waals surface area contributed by atoms with Crippen molar-refractivity contribution in [2.24, 2.45) is 0 Å². The Morgan fingerprint density at radius 1 is 0.929 bits per heavy atom. The van der Waals surface area contributed by atoms with E-state index in [1.54, 1.807) is 5.30 Å². The van der Waals surface area contributed by atoms with E-state index in [9.17, 15) is 0 Å². The fraction of sp³-hybridized carbons (Fsp3) is 0.500. The van der Waals surface area contributed by atoms with E-state index in [-0.39, 0.29) is 24.0 Å². The van der Waals surface area contributed by atoms with E-state index in [1.807, 2.05) is 0 Å². The van der Waals surface area contributed by atoms with Crippen molar-refractivity contribution >= 4 is 12.6 Å². The molecule has 0 spiro atoms. The van der Waals surface area contributed by atoms with Gasteiger partial charge in [-0.05, 0) is 31.4 Å². The normalized spacial score (nSPS) is 19.8. The highest BCUT2D eigenvalue weighted by molar-refractivity contribution is 7.82. The van der Waals surface area contributed by atoms with Gasteiger partial charge in [0.2, 0.25) is 0 Å². The number of rotatable bonds is 1. The number of halogens is 1. The third-order valence-corrected chi connectivity index (χ3v) is 7.33. The maximum absolute atomic E-state index is 2.53. The highest BCUT2D eigenvalue weighted by Gasteiger charge is 2.35. The highest BCUT2D eigenvalue weighted by atomic mass is 127. The van der Waals surface area contributed by atoms with Crippen LogP contribution in [0, 0.1) is 0 Å². The summed E-state index contributed by atoms with van der Waals surface area (Å²) in [5, 5.41) is 1.65. The summed E-state index contributed by atoms with van der Waals surface area (Å²) in [7, 11) is -0.716. The van der Waals surface area contributed by atoms with Gasteiger partial charge in [0.05, 0.1) is 24.3 Å². The average molecular weight is 320 g/mol. The maximum Gasteiger partial charge on any atom is 0.0936 e. The largest absolute Gasteiger partial charge is 1.00 e. The second-order valence-electron chi connectivity index (χ2n) is 4.24. The summed E-state index contributed by atoms with van der Waals surface area (Å²) in [5.74, 6) is 0. The van der Waals surface area contributed by atoms with Gasteiger partial charge >= 0.3 is 0 Å². The minimum absolute atomic E-state index is 0. The van der Waals surface area contributed by atoms with Gasteiger partial charge in [0.25, 0.3) is 0 Å². The topological polar surface area (TPSA) is 0 Å². The van der Waals surface area contributed by atoms with Gasteiger partial charge < -0.3 is 24.0 Å². The average Bonchev–Trinajstić information content (AvgIpc) is 2.20. The second-order valence-corrected chi connectivity index (χ2v) is 8.44. The molecule has 1 aromatic rings. The molecule has 1 saturated heterocycles. The van der Waals surface area contributed by atoms with E-state index < -0.39 is 7.26 Å². The lowest BCUT2D eigenvalue weighted by Gasteiger charge is -2.26. The summed E-state index contributed by atoms with van der Waals surface area (Å²) in [4.78, 5) is 0. The Kier molecular flexibility index (Phi) is 4.86. The molecule has 0 aliphatic carbocycles. The number of hydrogen-bond acceptors (Lipinski definition) is 0. The molecular weight excluding hydrogens is 302 g/mol. The van der Waals surface area contributed by atoms with Gasteiger partial charge in [-0.25, -0.2) is 0 Å². The van der Waals surface area contributed by atoms with E-state index in [4.69, 9.17) is 0 Å². The van der Waals surface area contributed by atoms with Crippen LogP contribution in [0.3, 0.4) is 0 Å². The van der Waals surface area contributed by atoms with Crippen LogP contribution in [0.4, 0.5) is 0 Å². The van der Waals surface area contributed by atoms with Crippen LogP contribution in [0.2, 0.25) is 0 Å². The van der Waals surface area contributed by atoms with Gasteiger partial charge in [0.1, 0.15) is 0 Å². The first-order valence-corrected chi connectivity index (χ1v) is 7.82. The molecule has 0 saturated carbocycles. The first kappa shape index (κ1) is 12.4. The Balaban J connectivity index is 0.000000980. The molecule has 2 rings (SSSR count). The molecule has 14 heavy (non-hydrogen) atoms. The summed E-state index contributed by atoms with van der Waals surface area (Å²) >= 11 is 0. The van der Waals surface area contributed by atoms with E-state index in [1.165, 1.54) is 31.6 Å². The molecule has 0 amide bonds. The standard InChI is InChI=1S/C12H18P.HI/c1-13(10-6-3-7-11-13)12-8-4-2-5-9-12;/h2,4-5,8-9H,3,6-7,10-11H2,1H3;1H/q+1;/p-1. The molecule has 0 bridgehead atoms. The van der Waals surface area contributed by atoms with Crippen molar-refractivity contribution in [3.63, 3.8) is 0 Å². The van der Waals surface area contributed by atoms with Crippen LogP contribution < -0.4 is 29.3 Å². The molecule has 1 aromatic carbocycles. The molecule has 0 aromatic heterocycles.